The highest BCUT2D eigenvalue weighted by molar-refractivity contribution is 8.16. The van der Waals surface area contributed by atoms with Gasteiger partial charge in [0.1, 0.15) is 0 Å². The number of nitrogens with zero attached hydrogens (tertiary/aromatic N) is 3. The third kappa shape index (κ3) is 5.80. The molecule has 3 heterocycles. The number of ether oxygens (including phenoxy) is 3. The van der Waals surface area contributed by atoms with E-state index in [0.29, 0.717) is 34.5 Å². The number of aromatic nitrogens is 1. The average molecular weight is 523 g/mol. The highest BCUT2D eigenvalue weighted by Gasteiger charge is 2.41. The van der Waals surface area contributed by atoms with Crippen LogP contribution in [-0.4, -0.2) is 47.3 Å². The van der Waals surface area contributed by atoms with Crippen LogP contribution < -0.4 is 14.8 Å². The van der Waals surface area contributed by atoms with Crippen LogP contribution in [0.15, 0.2) is 70.1 Å². The summed E-state index contributed by atoms with van der Waals surface area (Å²) in [5.74, 6) is 0.502. The predicted octanol–water partition coefficient (Wildman–Crippen LogP) is 4.33. The van der Waals surface area contributed by atoms with E-state index < -0.39 is 12.0 Å². The molecule has 2 aliphatic heterocycles. The molecule has 2 aromatic rings. The van der Waals surface area contributed by atoms with Crippen LogP contribution in [0.2, 0.25) is 0 Å². The molecule has 0 spiro atoms. The molecule has 194 valence electrons. The van der Waals surface area contributed by atoms with Gasteiger partial charge in [0.15, 0.2) is 16.7 Å². The Labute approximate surface area is 220 Å². The molecule has 0 fully saturated rings. The monoisotopic (exact) mass is 522 g/mol. The van der Waals surface area contributed by atoms with Crippen LogP contribution in [-0.2, 0) is 20.9 Å². The molecule has 4 rings (SSSR count). The second-order valence-electron chi connectivity index (χ2n) is 8.78. The number of carbonyl (C=O) groups excluding carboxylic acids is 2. The van der Waals surface area contributed by atoms with Crippen LogP contribution in [0, 0.1) is 0 Å². The molecule has 1 aromatic carbocycles. The van der Waals surface area contributed by atoms with Crippen molar-refractivity contribution in [2.24, 2.45) is 4.99 Å². The SMILES string of the molecule is COc1ccc(C2C(C(=O)OC(C)C)=C(C)N=C3SC=C(CC(=O)NCc4cccnc4)N32)cc1OC. The van der Waals surface area contributed by atoms with Crippen LogP contribution >= 0.6 is 11.8 Å². The van der Waals surface area contributed by atoms with Crippen molar-refractivity contribution >= 4 is 28.8 Å². The molecule has 1 N–H and O–H groups in total. The lowest BCUT2D eigenvalue weighted by atomic mass is 9.93. The first-order valence-electron chi connectivity index (χ1n) is 11.8. The Morgan fingerprint density at radius 1 is 1.16 bits per heavy atom. The van der Waals surface area contributed by atoms with Crippen molar-refractivity contribution in [3.63, 3.8) is 0 Å². The first-order valence-corrected chi connectivity index (χ1v) is 12.7. The van der Waals surface area contributed by atoms with Crippen molar-refractivity contribution < 1.29 is 23.8 Å². The summed E-state index contributed by atoms with van der Waals surface area (Å²) < 4.78 is 16.6. The molecule has 1 aromatic heterocycles. The molecule has 0 radical (unpaired) electrons. The van der Waals surface area contributed by atoms with Crippen LogP contribution in [0.4, 0.5) is 0 Å². The topological polar surface area (TPSA) is 102 Å². The summed E-state index contributed by atoms with van der Waals surface area (Å²) in [5, 5.41) is 5.53. The fourth-order valence-corrected chi connectivity index (χ4v) is 5.14. The zero-order valence-electron chi connectivity index (χ0n) is 21.5. The number of nitrogens with one attached hydrogen (secondary N) is 1. The number of fused-ring (bicyclic) bond motifs is 1. The lowest BCUT2D eigenvalue weighted by Gasteiger charge is -2.36. The molecule has 1 unspecified atom stereocenters. The van der Waals surface area contributed by atoms with E-state index in [0.717, 1.165) is 16.8 Å². The minimum atomic E-state index is -0.564. The van der Waals surface area contributed by atoms with E-state index in [1.165, 1.54) is 11.8 Å². The number of hydrogen-bond acceptors (Lipinski definition) is 9. The lowest BCUT2D eigenvalue weighted by Crippen LogP contribution is -2.38. The van der Waals surface area contributed by atoms with Gasteiger partial charge in [0.05, 0.1) is 44.1 Å². The summed E-state index contributed by atoms with van der Waals surface area (Å²) in [7, 11) is 3.13. The van der Waals surface area contributed by atoms with Crippen LogP contribution in [0.3, 0.4) is 0 Å². The minimum Gasteiger partial charge on any atom is -0.493 e. The zero-order valence-corrected chi connectivity index (χ0v) is 22.3. The Balaban J connectivity index is 1.67. The maximum absolute atomic E-state index is 13.3. The van der Waals surface area contributed by atoms with Gasteiger partial charge < -0.3 is 24.4 Å². The smallest absolute Gasteiger partial charge is 0.338 e. The van der Waals surface area contributed by atoms with Crippen LogP contribution in [0.5, 0.6) is 11.5 Å². The van der Waals surface area contributed by atoms with Crippen molar-refractivity contribution in [2.75, 3.05) is 14.2 Å². The van der Waals surface area contributed by atoms with Gasteiger partial charge in [-0.1, -0.05) is 23.9 Å². The highest BCUT2D eigenvalue weighted by Crippen LogP contribution is 2.46. The quantitative estimate of drug-likeness (QED) is 0.486. The summed E-state index contributed by atoms with van der Waals surface area (Å²) in [6, 6.07) is 8.69. The van der Waals surface area contributed by atoms with Crippen molar-refractivity contribution in [1.29, 1.82) is 0 Å². The van der Waals surface area contributed by atoms with Gasteiger partial charge in [-0.2, -0.15) is 0 Å². The second-order valence-corrected chi connectivity index (χ2v) is 9.61. The van der Waals surface area contributed by atoms with Crippen molar-refractivity contribution in [3.8, 4) is 11.5 Å². The van der Waals surface area contributed by atoms with Gasteiger partial charge in [-0.25, -0.2) is 9.79 Å². The predicted molar refractivity (Wildman–Crippen MR) is 142 cm³/mol. The average Bonchev–Trinajstić information content (AvgIpc) is 3.27. The third-order valence-electron chi connectivity index (χ3n) is 5.84. The van der Waals surface area contributed by atoms with Gasteiger partial charge >= 0.3 is 5.97 Å². The summed E-state index contributed by atoms with van der Waals surface area (Å²) in [6.07, 6.45) is 3.22. The molecule has 0 saturated carbocycles. The fourth-order valence-electron chi connectivity index (χ4n) is 4.18. The van der Waals surface area contributed by atoms with E-state index in [4.69, 9.17) is 19.2 Å². The number of thioether (sulfide) groups is 1. The molecular weight excluding hydrogens is 492 g/mol. The molecule has 9 nitrogen and oxygen atoms in total. The standard InChI is InChI=1S/C27H30N4O5S/c1-16(2)36-26(33)24-17(3)30-27-31(25(24)19-8-9-21(34-4)22(11-19)35-5)20(15-37-27)12-23(32)29-14-18-7-6-10-28-13-18/h6-11,13,15-16,25H,12,14H2,1-5H3,(H,29,32). The van der Waals surface area contributed by atoms with Gasteiger partial charge in [-0.15, -0.1) is 0 Å². The van der Waals surface area contributed by atoms with E-state index in [9.17, 15) is 9.59 Å². The largest absolute Gasteiger partial charge is 0.493 e. The number of pyridine rings is 1. The Kier molecular flexibility index (Phi) is 8.17. The Bertz CT molecular complexity index is 1270. The first-order chi connectivity index (χ1) is 17.8. The number of benzene rings is 1. The molecule has 10 heteroatoms. The second kappa shape index (κ2) is 11.5. The maximum atomic E-state index is 13.3. The number of carbonyl (C=O) groups is 2. The number of esters is 1. The number of rotatable bonds is 9. The van der Waals surface area contributed by atoms with E-state index in [2.05, 4.69) is 10.3 Å². The summed E-state index contributed by atoms with van der Waals surface area (Å²) >= 11 is 1.42. The molecule has 2 aliphatic rings. The van der Waals surface area contributed by atoms with Crippen molar-refractivity contribution in [1.82, 2.24) is 15.2 Å². The van der Waals surface area contributed by atoms with Crippen LogP contribution in [0.1, 0.15) is 44.4 Å². The number of amidine groups is 1. The number of aliphatic imine (C=N–C) groups is 1. The molecule has 0 aliphatic carbocycles. The van der Waals surface area contributed by atoms with Gasteiger partial charge in [0.25, 0.3) is 0 Å². The lowest BCUT2D eigenvalue weighted by molar-refractivity contribution is -0.143. The molecule has 1 atom stereocenters. The molecule has 1 amide bonds. The normalized spacial score (nSPS) is 16.7. The molecule has 37 heavy (non-hydrogen) atoms. The van der Waals surface area contributed by atoms with E-state index in [1.807, 2.05) is 34.6 Å². The maximum Gasteiger partial charge on any atom is 0.338 e. The van der Waals surface area contributed by atoms with E-state index in [-0.39, 0.29) is 18.4 Å². The highest BCUT2D eigenvalue weighted by atomic mass is 32.2. The summed E-state index contributed by atoms with van der Waals surface area (Å²) in [4.78, 5) is 36.9. The van der Waals surface area contributed by atoms with Crippen molar-refractivity contribution in [2.45, 2.75) is 45.9 Å². The first kappa shape index (κ1) is 26.3. The fraction of sp³-hybridized carbons (Fsp3) is 0.333. The van der Waals surface area contributed by atoms with Gasteiger partial charge in [-0.05, 0) is 55.5 Å². The number of methoxy groups -OCH3 is 2. The number of allylic oxidation sites excluding steroid dienone is 1. The van der Waals surface area contributed by atoms with Gasteiger partial charge in [0.2, 0.25) is 5.91 Å². The zero-order chi connectivity index (χ0) is 26.5. The summed E-state index contributed by atoms with van der Waals surface area (Å²) in [5.41, 5.74) is 3.40. The molecule has 0 saturated heterocycles. The third-order valence-corrected chi connectivity index (χ3v) is 6.73. The van der Waals surface area contributed by atoms with Gasteiger partial charge in [0, 0.05) is 24.6 Å². The summed E-state index contributed by atoms with van der Waals surface area (Å²) in [6.45, 7) is 5.78. The molecule has 0 bridgehead atoms. The van der Waals surface area contributed by atoms with Crippen LogP contribution in [0.25, 0.3) is 0 Å². The van der Waals surface area contributed by atoms with E-state index >= 15 is 0 Å². The van der Waals surface area contributed by atoms with E-state index in [1.54, 1.807) is 53.5 Å². The minimum absolute atomic E-state index is 0.113. The Hall–Kier alpha value is -3.79. The number of amides is 1. The van der Waals surface area contributed by atoms with Crippen molar-refractivity contribution in [3.05, 3.63) is 76.2 Å². The Morgan fingerprint density at radius 2 is 1.95 bits per heavy atom. The van der Waals surface area contributed by atoms with Gasteiger partial charge in [-0.3, -0.25) is 9.78 Å². The Morgan fingerprint density at radius 3 is 2.62 bits per heavy atom. The number of hydrogen-bond donors (Lipinski definition) is 1. The molecular formula is C27H30N4O5S.